The normalized spacial score (nSPS) is 10.8. The summed E-state index contributed by atoms with van der Waals surface area (Å²) in [5.41, 5.74) is 0.603. The summed E-state index contributed by atoms with van der Waals surface area (Å²) in [6.07, 6.45) is 1.69. The Kier molecular flexibility index (Phi) is 7.51. The van der Waals surface area contributed by atoms with Crippen molar-refractivity contribution < 1.29 is 4.79 Å². The average molecular weight is 430 g/mol. The monoisotopic (exact) mass is 429 g/mol. The van der Waals surface area contributed by atoms with Gasteiger partial charge in [-0.3, -0.25) is 9.59 Å². The van der Waals surface area contributed by atoms with Crippen molar-refractivity contribution in [3.05, 3.63) is 42.9 Å². The number of carbonyl (C=O) groups excluding carboxylic acids is 1. The van der Waals surface area contributed by atoms with Crippen molar-refractivity contribution in [2.45, 2.75) is 38.4 Å². The number of rotatable bonds is 8. The molecule has 0 aliphatic carbocycles. The summed E-state index contributed by atoms with van der Waals surface area (Å²) >= 11 is 6.34. The lowest BCUT2D eigenvalue weighted by atomic mass is 10.2. The zero-order valence-corrected chi connectivity index (χ0v) is 16.9. The van der Waals surface area contributed by atoms with E-state index in [0.29, 0.717) is 18.2 Å². The maximum absolute atomic E-state index is 12.4. The molecule has 5 nitrogen and oxygen atoms in total. The van der Waals surface area contributed by atoms with Crippen LogP contribution in [0.15, 0.2) is 31.9 Å². The number of aryl methyl sites for hydroxylation is 1. The second-order valence-electron chi connectivity index (χ2n) is 5.19. The van der Waals surface area contributed by atoms with Crippen LogP contribution < -0.4 is 5.56 Å². The second kappa shape index (κ2) is 9.39. The van der Waals surface area contributed by atoms with Gasteiger partial charge in [-0.15, -0.1) is 11.3 Å². The van der Waals surface area contributed by atoms with Gasteiger partial charge in [0.25, 0.3) is 5.56 Å². The van der Waals surface area contributed by atoms with E-state index in [1.807, 2.05) is 26.0 Å². The molecule has 1 N–H and O–H groups in total. The SMILES string of the molecule is CCCc1cc(=O)[nH]c(SCC(=O)N(CC)Cc2ccc(Br)s2)n1. The van der Waals surface area contributed by atoms with Crippen LogP contribution in [0.4, 0.5) is 0 Å². The van der Waals surface area contributed by atoms with Gasteiger partial charge in [0.2, 0.25) is 5.91 Å². The van der Waals surface area contributed by atoms with Crippen molar-refractivity contribution in [3.8, 4) is 0 Å². The average Bonchev–Trinajstić information content (AvgIpc) is 2.95. The van der Waals surface area contributed by atoms with E-state index in [0.717, 1.165) is 27.2 Å². The van der Waals surface area contributed by atoms with Gasteiger partial charge in [-0.25, -0.2) is 4.98 Å². The zero-order valence-electron chi connectivity index (χ0n) is 13.7. The molecular weight excluding hydrogens is 410 g/mol. The van der Waals surface area contributed by atoms with Gasteiger partial charge in [-0.1, -0.05) is 25.1 Å². The quantitative estimate of drug-likeness (QED) is 0.513. The first-order valence-electron chi connectivity index (χ1n) is 7.76. The molecule has 0 spiro atoms. The lowest BCUT2D eigenvalue weighted by Gasteiger charge is -2.19. The highest BCUT2D eigenvalue weighted by Gasteiger charge is 2.14. The van der Waals surface area contributed by atoms with E-state index in [1.54, 1.807) is 16.2 Å². The number of H-pyrrole nitrogens is 1. The van der Waals surface area contributed by atoms with E-state index in [1.165, 1.54) is 17.8 Å². The fourth-order valence-electron chi connectivity index (χ4n) is 2.16. The minimum Gasteiger partial charge on any atom is -0.337 e. The van der Waals surface area contributed by atoms with Gasteiger partial charge in [0.05, 0.1) is 16.1 Å². The summed E-state index contributed by atoms with van der Waals surface area (Å²) in [6, 6.07) is 5.52. The van der Waals surface area contributed by atoms with Gasteiger partial charge in [0, 0.05) is 23.2 Å². The first-order chi connectivity index (χ1) is 11.5. The summed E-state index contributed by atoms with van der Waals surface area (Å²) in [5.74, 6) is 0.300. The Labute approximate surface area is 158 Å². The first-order valence-corrected chi connectivity index (χ1v) is 10.4. The number of aromatic amines is 1. The second-order valence-corrected chi connectivity index (χ2v) is 8.71. The Balaban J connectivity index is 1.96. The highest BCUT2D eigenvalue weighted by atomic mass is 79.9. The molecule has 0 saturated carbocycles. The molecule has 1 amide bonds. The van der Waals surface area contributed by atoms with Gasteiger partial charge in [-0.05, 0) is 41.4 Å². The van der Waals surface area contributed by atoms with Gasteiger partial charge in [0.1, 0.15) is 0 Å². The number of nitrogens with one attached hydrogen (secondary N) is 1. The highest BCUT2D eigenvalue weighted by Crippen LogP contribution is 2.23. The standard InChI is InChI=1S/C16H20BrN3O2S2/c1-3-5-11-8-14(21)19-16(18-11)23-10-15(22)20(4-2)9-12-6-7-13(17)24-12/h6-8H,3-5,9-10H2,1-2H3,(H,18,19,21). The minimum absolute atomic E-state index is 0.0376. The van der Waals surface area contributed by atoms with Crippen LogP contribution in [-0.4, -0.2) is 33.1 Å². The molecule has 24 heavy (non-hydrogen) atoms. The number of nitrogens with zero attached hydrogens (tertiary/aromatic N) is 2. The van der Waals surface area contributed by atoms with Gasteiger partial charge in [-0.2, -0.15) is 0 Å². The molecule has 0 aromatic carbocycles. The molecule has 0 unspecified atom stereocenters. The molecule has 2 rings (SSSR count). The molecule has 0 bridgehead atoms. The van der Waals surface area contributed by atoms with Crippen molar-refractivity contribution in [2.24, 2.45) is 0 Å². The largest absolute Gasteiger partial charge is 0.337 e. The molecular formula is C16H20BrN3O2S2. The van der Waals surface area contributed by atoms with E-state index in [2.05, 4.69) is 25.9 Å². The number of aromatic nitrogens is 2. The maximum atomic E-state index is 12.4. The van der Waals surface area contributed by atoms with Crippen LogP contribution in [0.2, 0.25) is 0 Å². The zero-order chi connectivity index (χ0) is 17.5. The Morgan fingerprint density at radius 2 is 2.21 bits per heavy atom. The number of carbonyl (C=O) groups is 1. The predicted octanol–water partition coefficient (Wildman–Crippen LogP) is 3.69. The number of hydrogen-bond donors (Lipinski definition) is 1. The molecule has 8 heteroatoms. The summed E-state index contributed by atoms with van der Waals surface area (Å²) in [7, 11) is 0. The van der Waals surface area contributed by atoms with Crippen molar-refractivity contribution in [3.63, 3.8) is 0 Å². The first kappa shape index (κ1) is 19.2. The molecule has 0 saturated heterocycles. The van der Waals surface area contributed by atoms with E-state index < -0.39 is 0 Å². The summed E-state index contributed by atoms with van der Waals surface area (Å²) in [6.45, 7) is 5.26. The Morgan fingerprint density at radius 3 is 2.83 bits per heavy atom. The van der Waals surface area contributed by atoms with Crippen LogP contribution in [0.5, 0.6) is 0 Å². The lowest BCUT2D eigenvalue weighted by Crippen LogP contribution is -2.31. The van der Waals surface area contributed by atoms with E-state index in [-0.39, 0.29) is 17.2 Å². The Hall–Kier alpha value is -1.12. The van der Waals surface area contributed by atoms with Crippen LogP contribution in [0.3, 0.4) is 0 Å². The van der Waals surface area contributed by atoms with Crippen LogP contribution in [0, 0.1) is 0 Å². The molecule has 130 valence electrons. The van der Waals surface area contributed by atoms with Crippen LogP contribution in [0.25, 0.3) is 0 Å². The summed E-state index contributed by atoms with van der Waals surface area (Å²) in [5, 5.41) is 0.509. The third-order valence-electron chi connectivity index (χ3n) is 3.32. The molecule has 2 aromatic heterocycles. The van der Waals surface area contributed by atoms with Crippen LogP contribution in [-0.2, 0) is 17.8 Å². The number of thioether (sulfide) groups is 1. The van der Waals surface area contributed by atoms with Crippen LogP contribution in [0.1, 0.15) is 30.8 Å². The summed E-state index contributed by atoms with van der Waals surface area (Å²) in [4.78, 5) is 34.1. The molecule has 0 fully saturated rings. The van der Waals surface area contributed by atoms with Gasteiger partial charge < -0.3 is 9.88 Å². The van der Waals surface area contributed by atoms with Crippen molar-refractivity contribution in [1.29, 1.82) is 0 Å². The third kappa shape index (κ3) is 5.75. The van der Waals surface area contributed by atoms with E-state index in [9.17, 15) is 9.59 Å². The molecule has 0 atom stereocenters. The Morgan fingerprint density at radius 1 is 1.42 bits per heavy atom. The molecule has 0 aliphatic heterocycles. The Bertz CT molecular complexity index is 745. The third-order valence-corrected chi connectivity index (χ3v) is 5.79. The topological polar surface area (TPSA) is 66.1 Å². The number of thiophene rings is 1. The van der Waals surface area contributed by atoms with Gasteiger partial charge in [0.15, 0.2) is 5.16 Å². The fraction of sp³-hybridized carbons (Fsp3) is 0.438. The van der Waals surface area contributed by atoms with Crippen molar-refractivity contribution >= 4 is 44.9 Å². The lowest BCUT2D eigenvalue weighted by molar-refractivity contribution is -0.128. The fourth-order valence-corrected chi connectivity index (χ4v) is 4.45. The van der Waals surface area contributed by atoms with Crippen molar-refractivity contribution in [1.82, 2.24) is 14.9 Å². The van der Waals surface area contributed by atoms with Crippen LogP contribution >= 0.6 is 39.0 Å². The number of amides is 1. The molecule has 2 aromatic rings. The number of halogens is 1. The van der Waals surface area contributed by atoms with Crippen molar-refractivity contribution in [2.75, 3.05) is 12.3 Å². The number of hydrogen-bond acceptors (Lipinski definition) is 5. The van der Waals surface area contributed by atoms with E-state index >= 15 is 0 Å². The molecule has 2 heterocycles. The molecule has 0 radical (unpaired) electrons. The maximum Gasteiger partial charge on any atom is 0.251 e. The highest BCUT2D eigenvalue weighted by molar-refractivity contribution is 9.11. The minimum atomic E-state index is -0.167. The smallest absolute Gasteiger partial charge is 0.251 e. The van der Waals surface area contributed by atoms with E-state index in [4.69, 9.17) is 0 Å². The van der Waals surface area contributed by atoms with Gasteiger partial charge >= 0.3 is 0 Å². The predicted molar refractivity (Wildman–Crippen MR) is 103 cm³/mol. The molecule has 0 aliphatic rings. The summed E-state index contributed by atoms with van der Waals surface area (Å²) < 4.78 is 1.06.